The van der Waals surface area contributed by atoms with Crippen LogP contribution in [0.4, 0.5) is 0 Å². The molecule has 0 bridgehead atoms. The first-order valence-corrected chi connectivity index (χ1v) is 6.52. The summed E-state index contributed by atoms with van der Waals surface area (Å²) in [5, 5.41) is 4.19. The maximum Gasteiger partial charge on any atom is 0.0992 e. The van der Waals surface area contributed by atoms with Crippen LogP contribution >= 0.6 is 11.6 Å². The minimum atomic E-state index is 0.640. The summed E-state index contributed by atoms with van der Waals surface area (Å²) in [4.78, 5) is 4.07. The van der Waals surface area contributed by atoms with Crippen molar-refractivity contribution in [3.63, 3.8) is 0 Å². The maximum absolute atomic E-state index is 6.29. The largest absolute Gasteiger partial charge is 0.312 e. The molecular formula is C14H18ClN3. The van der Waals surface area contributed by atoms with Gasteiger partial charge in [-0.1, -0.05) is 37.6 Å². The third-order valence-electron chi connectivity index (χ3n) is 2.70. The summed E-state index contributed by atoms with van der Waals surface area (Å²) in [7, 11) is 0. The van der Waals surface area contributed by atoms with Crippen LogP contribution in [0.1, 0.15) is 19.4 Å². The van der Waals surface area contributed by atoms with Crippen LogP contribution in [0.2, 0.25) is 5.02 Å². The summed E-state index contributed by atoms with van der Waals surface area (Å²) in [5.41, 5.74) is 2.19. The zero-order valence-corrected chi connectivity index (χ0v) is 11.5. The fraction of sp³-hybridized carbons (Fsp3) is 0.357. The van der Waals surface area contributed by atoms with E-state index in [1.54, 1.807) is 12.5 Å². The Morgan fingerprint density at radius 1 is 1.39 bits per heavy atom. The molecule has 18 heavy (non-hydrogen) atoms. The van der Waals surface area contributed by atoms with Crippen molar-refractivity contribution in [2.75, 3.05) is 6.54 Å². The molecule has 4 heteroatoms. The van der Waals surface area contributed by atoms with E-state index in [1.807, 2.05) is 22.9 Å². The summed E-state index contributed by atoms with van der Waals surface area (Å²) in [6.45, 7) is 6.20. The summed E-state index contributed by atoms with van der Waals surface area (Å²) in [5.74, 6) is 0.640. The summed E-state index contributed by atoms with van der Waals surface area (Å²) in [6.07, 6.45) is 5.44. The highest BCUT2D eigenvalue weighted by Crippen LogP contribution is 2.24. The topological polar surface area (TPSA) is 29.9 Å². The van der Waals surface area contributed by atoms with Gasteiger partial charge in [0.1, 0.15) is 0 Å². The lowest BCUT2D eigenvalue weighted by molar-refractivity contribution is 0.551. The molecule has 0 unspecified atom stereocenters. The number of halogens is 1. The monoisotopic (exact) mass is 263 g/mol. The molecule has 1 aromatic carbocycles. The van der Waals surface area contributed by atoms with Crippen LogP contribution in [0.5, 0.6) is 0 Å². The lowest BCUT2D eigenvalue weighted by Gasteiger charge is -2.13. The molecule has 2 rings (SSSR count). The molecule has 1 N–H and O–H groups in total. The third kappa shape index (κ3) is 3.12. The van der Waals surface area contributed by atoms with Crippen molar-refractivity contribution in [3.8, 4) is 5.69 Å². The van der Waals surface area contributed by atoms with E-state index in [2.05, 4.69) is 30.2 Å². The maximum atomic E-state index is 6.29. The van der Waals surface area contributed by atoms with Crippen molar-refractivity contribution in [1.82, 2.24) is 14.9 Å². The Labute approximate surface area is 113 Å². The predicted molar refractivity (Wildman–Crippen MR) is 75.1 cm³/mol. The summed E-state index contributed by atoms with van der Waals surface area (Å²) < 4.78 is 1.95. The van der Waals surface area contributed by atoms with Crippen molar-refractivity contribution >= 4 is 11.6 Å². The average molecular weight is 264 g/mol. The Morgan fingerprint density at radius 2 is 2.22 bits per heavy atom. The van der Waals surface area contributed by atoms with Gasteiger partial charge in [-0.3, -0.25) is 0 Å². The highest BCUT2D eigenvalue weighted by Gasteiger charge is 2.08. The van der Waals surface area contributed by atoms with Gasteiger partial charge in [0.05, 0.1) is 17.0 Å². The summed E-state index contributed by atoms with van der Waals surface area (Å²) in [6, 6.07) is 5.98. The average Bonchev–Trinajstić information content (AvgIpc) is 2.82. The fourth-order valence-corrected chi connectivity index (χ4v) is 2.17. The number of nitrogens with zero attached hydrogens (tertiary/aromatic N) is 2. The second kappa shape index (κ2) is 6.03. The highest BCUT2D eigenvalue weighted by molar-refractivity contribution is 6.32. The Bertz CT molecular complexity index is 492. The molecule has 0 saturated heterocycles. The van der Waals surface area contributed by atoms with E-state index in [0.717, 1.165) is 23.8 Å². The molecule has 0 aliphatic carbocycles. The SMILES string of the molecule is CC(C)CNCc1cccc(Cl)c1-n1ccnc1. The van der Waals surface area contributed by atoms with E-state index in [9.17, 15) is 0 Å². The number of imidazole rings is 1. The number of rotatable bonds is 5. The van der Waals surface area contributed by atoms with Gasteiger partial charge in [-0.2, -0.15) is 0 Å². The molecule has 0 aliphatic rings. The Hall–Kier alpha value is -1.32. The van der Waals surface area contributed by atoms with Crippen LogP contribution in [0, 0.1) is 5.92 Å². The molecule has 96 valence electrons. The van der Waals surface area contributed by atoms with Gasteiger partial charge in [-0.15, -0.1) is 0 Å². The second-order valence-electron chi connectivity index (χ2n) is 4.74. The first-order chi connectivity index (χ1) is 8.68. The minimum absolute atomic E-state index is 0.640. The first-order valence-electron chi connectivity index (χ1n) is 6.15. The number of aromatic nitrogens is 2. The molecule has 0 fully saturated rings. The molecule has 1 aromatic heterocycles. The van der Waals surface area contributed by atoms with Crippen LogP contribution in [0.15, 0.2) is 36.9 Å². The number of benzene rings is 1. The number of nitrogens with one attached hydrogen (secondary N) is 1. The molecule has 2 aromatic rings. The van der Waals surface area contributed by atoms with Gasteiger partial charge in [0.15, 0.2) is 0 Å². The van der Waals surface area contributed by atoms with Gasteiger partial charge in [0.2, 0.25) is 0 Å². The lowest BCUT2D eigenvalue weighted by atomic mass is 10.1. The molecule has 1 heterocycles. The van der Waals surface area contributed by atoms with E-state index in [0.29, 0.717) is 5.92 Å². The van der Waals surface area contributed by atoms with Gasteiger partial charge >= 0.3 is 0 Å². The van der Waals surface area contributed by atoms with Crippen LogP contribution in [0.25, 0.3) is 5.69 Å². The highest BCUT2D eigenvalue weighted by atomic mass is 35.5. The number of hydrogen-bond donors (Lipinski definition) is 1. The van der Waals surface area contributed by atoms with Gasteiger partial charge in [-0.25, -0.2) is 4.98 Å². The van der Waals surface area contributed by atoms with E-state index in [4.69, 9.17) is 11.6 Å². The van der Waals surface area contributed by atoms with Crippen LogP contribution in [-0.2, 0) is 6.54 Å². The third-order valence-corrected chi connectivity index (χ3v) is 3.01. The van der Waals surface area contributed by atoms with E-state index >= 15 is 0 Å². The Morgan fingerprint density at radius 3 is 2.89 bits per heavy atom. The van der Waals surface area contributed by atoms with E-state index in [1.165, 1.54) is 5.56 Å². The molecule has 0 amide bonds. The summed E-state index contributed by atoms with van der Waals surface area (Å²) >= 11 is 6.29. The van der Waals surface area contributed by atoms with Gasteiger partial charge in [0, 0.05) is 18.9 Å². The van der Waals surface area contributed by atoms with Crippen LogP contribution in [-0.4, -0.2) is 16.1 Å². The zero-order chi connectivity index (χ0) is 13.0. The molecular weight excluding hydrogens is 246 g/mol. The van der Waals surface area contributed by atoms with E-state index < -0.39 is 0 Å². The minimum Gasteiger partial charge on any atom is -0.312 e. The van der Waals surface area contributed by atoms with Gasteiger partial charge < -0.3 is 9.88 Å². The number of para-hydroxylation sites is 1. The molecule has 0 saturated carbocycles. The van der Waals surface area contributed by atoms with Crippen molar-refractivity contribution < 1.29 is 0 Å². The quantitative estimate of drug-likeness (QED) is 0.897. The van der Waals surface area contributed by atoms with Gasteiger partial charge in [-0.05, 0) is 24.1 Å². The normalized spacial score (nSPS) is 11.1. The standard InChI is InChI=1S/C14H18ClN3/c1-11(2)8-17-9-12-4-3-5-13(15)14(12)18-7-6-16-10-18/h3-7,10-11,17H,8-9H2,1-2H3. The zero-order valence-electron chi connectivity index (χ0n) is 10.7. The second-order valence-corrected chi connectivity index (χ2v) is 5.15. The van der Waals surface area contributed by atoms with Crippen molar-refractivity contribution in [1.29, 1.82) is 0 Å². The van der Waals surface area contributed by atoms with E-state index in [-0.39, 0.29) is 0 Å². The van der Waals surface area contributed by atoms with Crippen molar-refractivity contribution in [2.24, 2.45) is 5.92 Å². The van der Waals surface area contributed by atoms with Gasteiger partial charge in [0.25, 0.3) is 0 Å². The molecule has 3 nitrogen and oxygen atoms in total. The molecule has 0 aliphatic heterocycles. The molecule has 0 spiro atoms. The lowest BCUT2D eigenvalue weighted by Crippen LogP contribution is -2.20. The first kappa shape index (κ1) is 13.1. The van der Waals surface area contributed by atoms with Crippen LogP contribution in [0.3, 0.4) is 0 Å². The Kier molecular flexibility index (Phi) is 4.39. The predicted octanol–water partition coefficient (Wildman–Crippen LogP) is 3.27. The van der Waals surface area contributed by atoms with Crippen LogP contribution < -0.4 is 5.32 Å². The van der Waals surface area contributed by atoms with Crippen molar-refractivity contribution in [2.45, 2.75) is 20.4 Å². The molecule has 0 atom stereocenters. The Balaban J connectivity index is 2.22. The molecule has 0 radical (unpaired) electrons. The smallest absolute Gasteiger partial charge is 0.0992 e. The fourth-order valence-electron chi connectivity index (χ4n) is 1.88. The van der Waals surface area contributed by atoms with Crippen molar-refractivity contribution in [3.05, 3.63) is 47.5 Å². The number of hydrogen-bond acceptors (Lipinski definition) is 2.